The van der Waals surface area contributed by atoms with E-state index in [4.69, 9.17) is 24.3 Å². The van der Waals surface area contributed by atoms with Crippen LogP contribution < -0.4 is 22.2 Å². The Morgan fingerprint density at radius 3 is 2.48 bits per heavy atom. The van der Waals surface area contributed by atoms with E-state index in [0.717, 1.165) is 18.4 Å². The number of hydrogen-bond acceptors (Lipinski definition) is 5. The second-order valence-electron chi connectivity index (χ2n) is 4.74. The molecule has 0 saturated heterocycles. The summed E-state index contributed by atoms with van der Waals surface area (Å²) in [5.74, 6) is -0.310. The minimum atomic E-state index is -0.529. The van der Waals surface area contributed by atoms with E-state index in [-0.39, 0.29) is 5.91 Å². The maximum absolute atomic E-state index is 11.6. The summed E-state index contributed by atoms with van der Waals surface area (Å²) in [5.41, 5.74) is 15.6. The quantitative estimate of drug-likeness (QED) is 0.265. The van der Waals surface area contributed by atoms with Gasteiger partial charge in [0, 0.05) is 6.54 Å². The molecule has 0 aliphatic rings. The topological polar surface area (TPSA) is 102 Å². The zero-order chi connectivity index (χ0) is 15.5. The molecule has 0 saturated carbocycles. The number of benzene rings is 1. The molecule has 0 heterocycles. The van der Waals surface area contributed by atoms with Crippen LogP contribution in [0.25, 0.3) is 0 Å². The molecule has 0 aliphatic carbocycles. The SMILES string of the molecule is [B]N[C@H](CCN)C(=O)NOCCCc1ccc(CN)cc1. The minimum absolute atomic E-state index is 0.310. The highest BCUT2D eigenvalue weighted by atomic mass is 16.6. The molecule has 0 aromatic heterocycles. The lowest BCUT2D eigenvalue weighted by Gasteiger charge is -2.15. The third-order valence-corrected chi connectivity index (χ3v) is 3.12. The zero-order valence-corrected chi connectivity index (χ0v) is 12.2. The number of nitrogens with two attached hydrogens (primary N) is 2. The summed E-state index contributed by atoms with van der Waals surface area (Å²) < 4.78 is 0. The lowest BCUT2D eigenvalue weighted by Crippen LogP contribution is -2.44. The summed E-state index contributed by atoms with van der Waals surface area (Å²) in [6, 6.07) is 7.61. The van der Waals surface area contributed by atoms with Gasteiger partial charge < -0.3 is 16.7 Å². The summed E-state index contributed by atoms with van der Waals surface area (Å²) >= 11 is 0. The van der Waals surface area contributed by atoms with Gasteiger partial charge in [0.2, 0.25) is 0 Å². The van der Waals surface area contributed by atoms with Gasteiger partial charge in [-0.25, -0.2) is 5.48 Å². The van der Waals surface area contributed by atoms with Gasteiger partial charge in [0.1, 0.15) is 0 Å². The predicted octanol–water partition coefficient (Wildman–Crippen LogP) is -0.484. The molecule has 6 N–H and O–H groups in total. The van der Waals surface area contributed by atoms with Crippen LogP contribution in [0.1, 0.15) is 24.0 Å². The normalized spacial score (nSPS) is 12.1. The van der Waals surface area contributed by atoms with Crippen molar-refractivity contribution < 1.29 is 9.63 Å². The summed E-state index contributed by atoms with van der Waals surface area (Å²) in [6.07, 6.45) is 2.14. The van der Waals surface area contributed by atoms with Crippen molar-refractivity contribution in [2.24, 2.45) is 11.5 Å². The summed E-state index contributed by atoms with van der Waals surface area (Å²) in [5, 5.41) is 2.40. The highest BCUT2D eigenvalue weighted by Gasteiger charge is 2.14. The van der Waals surface area contributed by atoms with Crippen LogP contribution in [0.4, 0.5) is 0 Å². The van der Waals surface area contributed by atoms with Gasteiger partial charge in [-0.3, -0.25) is 9.63 Å². The first-order valence-corrected chi connectivity index (χ1v) is 7.07. The Labute approximate surface area is 127 Å². The van der Waals surface area contributed by atoms with Gasteiger partial charge in [-0.1, -0.05) is 24.3 Å². The van der Waals surface area contributed by atoms with Gasteiger partial charge >= 0.3 is 0 Å². The molecule has 1 atom stereocenters. The van der Waals surface area contributed by atoms with Crippen molar-refractivity contribution in [2.45, 2.75) is 31.8 Å². The van der Waals surface area contributed by atoms with E-state index in [0.29, 0.717) is 26.1 Å². The molecule has 2 radical (unpaired) electrons. The van der Waals surface area contributed by atoms with Crippen molar-refractivity contribution in [3.63, 3.8) is 0 Å². The van der Waals surface area contributed by atoms with Crippen molar-refractivity contribution >= 4 is 13.9 Å². The summed E-state index contributed by atoms with van der Waals surface area (Å²) in [7, 11) is 5.26. The Kier molecular flexibility index (Phi) is 8.69. The van der Waals surface area contributed by atoms with Crippen LogP contribution in [0, 0.1) is 0 Å². The Hall–Kier alpha value is -1.41. The molecule has 0 unspecified atom stereocenters. The zero-order valence-electron chi connectivity index (χ0n) is 12.2. The molecule has 0 fully saturated rings. The molecule has 7 heteroatoms. The Balaban J connectivity index is 2.17. The fourth-order valence-corrected chi connectivity index (χ4v) is 1.84. The summed E-state index contributed by atoms with van der Waals surface area (Å²) in [4.78, 5) is 16.8. The number of hydroxylamine groups is 1. The first-order valence-electron chi connectivity index (χ1n) is 7.07. The largest absolute Gasteiger partial charge is 0.356 e. The van der Waals surface area contributed by atoms with Crippen LogP contribution in [0.15, 0.2) is 24.3 Å². The molecular formula is C14H23BN4O2. The van der Waals surface area contributed by atoms with Crippen LogP contribution in [-0.2, 0) is 22.6 Å². The average molecular weight is 290 g/mol. The maximum atomic E-state index is 11.6. The number of carbonyl (C=O) groups excluding carboxylic acids is 1. The van der Waals surface area contributed by atoms with Gasteiger partial charge in [0.05, 0.1) is 12.6 Å². The lowest BCUT2D eigenvalue weighted by molar-refractivity contribution is -0.135. The van der Waals surface area contributed by atoms with E-state index >= 15 is 0 Å². The number of hydrogen-bond donors (Lipinski definition) is 4. The molecule has 1 amide bonds. The van der Waals surface area contributed by atoms with Gasteiger partial charge in [0.25, 0.3) is 5.91 Å². The van der Waals surface area contributed by atoms with Crippen molar-refractivity contribution in [1.29, 1.82) is 0 Å². The van der Waals surface area contributed by atoms with Crippen LogP contribution in [0.3, 0.4) is 0 Å². The number of aryl methyl sites for hydroxylation is 1. The maximum Gasteiger partial charge on any atom is 0.259 e. The van der Waals surface area contributed by atoms with E-state index in [1.165, 1.54) is 5.56 Å². The number of nitrogens with one attached hydrogen (secondary N) is 2. The molecule has 6 nitrogen and oxygen atoms in total. The van der Waals surface area contributed by atoms with Crippen molar-refractivity contribution in [1.82, 2.24) is 10.7 Å². The van der Waals surface area contributed by atoms with Crippen molar-refractivity contribution in [3.8, 4) is 0 Å². The average Bonchev–Trinajstić information content (AvgIpc) is 2.52. The van der Waals surface area contributed by atoms with E-state index < -0.39 is 6.04 Å². The molecule has 0 spiro atoms. The third-order valence-electron chi connectivity index (χ3n) is 3.12. The van der Waals surface area contributed by atoms with Crippen LogP contribution in [0.2, 0.25) is 0 Å². The smallest absolute Gasteiger partial charge is 0.259 e. The van der Waals surface area contributed by atoms with Crippen LogP contribution in [-0.4, -0.2) is 33.1 Å². The van der Waals surface area contributed by atoms with Crippen molar-refractivity contribution in [3.05, 3.63) is 35.4 Å². The third kappa shape index (κ3) is 6.72. The van der Waals surface area contributed by atoms with Gasteiger partial charge in [-0.05, 0) is 36.9 Å². The standard InChI is InChI=1S/C14H23BN4O2/c15-18-13(7-8-16)14(20)19-21-9-1-2-11-3-5-12(10-17)6-4-11/h3-6,13,18H,1-2,7-10,16-17H2,(H,19,20)/t13-/m1/s1. The Morgan fingerprint density at radius 2 is 1.90 bits per heavy atom. The molecule has 114 valence electrons. The highest BCUT2D eigenvalue weighted by Crippen LogP contribution is 2.06. The lowest BCUT2D eigenvalue weighted by atomic mass is 10.1. The minimum Gasteiger partial charge on any atom is -0.356 e. The van der Waals surface area contributed by atoms with Gasteiger partial charge in [-0.15, -0.1) is 0 Å². The van der Waals surface area contributed by atoms with Gasteiger partial charge in [0.15, 0.2) is 7.98 Å². The molecule has 0 aliphatic heterocycles. The van der Waals surface area contributed by atoms with E-state index in [1.54, 1.807) is 0 Å². The Bertz CT molecular complexity index is 414. The highest BCUT2D eigenvalue weighted by molar-refractivity contribution is 6.06. The first kappa shape index (κ1) is 17.6. The van der Waals surface area contributed by atoms with Crippen LogP contribution >= 0.6 is 0 Å². The number of carbonyl (C=O) groups is 1. The number of rotatable bonds is 10. The van der Waals surface area contributed by atoms with Crippen molar-refractivity contribution in [2.75, 3.05) is 13.2 Å². The molecule has 1 aromatic rings. The van der Waals surface area contributed by atoms with E-state index in [9.17, 15) is 4.79 Å². The monoisotopic (exact) mass is 290 g/mol. The van der Waals surface area contributed by atoms with E-state index in [1.807, 2.05) is 12.1 Å². The second kappa shape index (κ2) is 10.3. The second-order valence-corrected chi connectivity index (χ2v) is 4.74. The molecule has 21 heavy (non-hydrogen) atoms. The summed E-state index contributed by atoms with van der Waals surface area (Å²) in [6.45, 7) is 1.36. The number of amides is 1. The Morgan fingerprint density at radius 1 is 1.24 bits per heavy atom. The van der Waals surface area contributed by atoms with Crippen LogP contribution in [0.5, 0.6) is 0 Å². The fourth-order valence-electron chi connectivity index (χ4n) is 1.84. The van der Waals surface area contributed by atoms with E-state index in [2.05, 4.69) is 22.8 Å². The predicted molar refractivity (Wildman–Crippen MR) is 83.1 cm³/mol. The molecular weight excluding hydrogens is 267 g/mol. The molecule has 1 aromatic carbocycles. The fraction of sp³-hybridized carbons (Fsp3) is 0.500. The first-order chi connectivity index (χ1) is 10.2. The van der Waals surface area contributed by atoms with Gasteiger partial charge in [-0.2, -0.15) is 0 Å². The molecule has 0 bridgehead atoms. The molecule has 1 rings (SSSR count).